The Labute approximate surface area is 118 Å². The fourth-order valence-corrected chi connectivity index (χ4v) is 3.85. The summed E-state index contributed by atoms with van der Waals surface area (Å²) in [6.45, 7) is 3.40. The van der Waals surface area contributed by atoms with Gasteiger partial charge in [0.25, 0.3) is 5.91 Å². The Kier molecular flexibility index (Phi) is 2.51. The SMILES string of the molecule is Cc1ccc2c(c1)C(=O)NC21CCC2(CC1)OCCO2. The molecule has 1 aromatic rings. The van der Waals surface area contributed by atoms with Gasteiger partial charge in [0, 0.05) is 18.4 Å². The Morgan fingerprint density at radius 3 is 2.50 bits per heavy atom. The molecule has 106 valence electrons. The summed E-state index contributed by atoms with van der Waals surface area (Å²) in [4.78, 5) is 12.2. The quantitative estimate of drug-likeness (QED) is 0.788. The number of rotatable bonds is 0. The second-order valence-electron chi connectivity index (χ2n) is 6.19. The lowest BCUT2D eigenvalue weighted by molar-refractivity contribution is -0.186. The van der Waals surface area contributed by atoms with Gasteiger partial charge in [-0.25, -0.2) is 0 Å². The fraction of sp³-hybridized carbons (Fsp3) is 0.562. The van der Waals surface area contributed by atoms with E-state index in [4.69, 9.17) is 9.47 Å². The number of aryl methyl sites for hydroxylation is 1. The summed E-state index contributed by atoms with van der Waals surface area (Å²) in [7, 11) is 0. The highest BCUT2D eigenvalue weighted by atomic mass is 16.7. The van der Waals surface area contributed by atoms with Gasteiger partial charge in [-0.2, -0.15) is 0 Å². The van der Waals surface area contributed by atoms with E-state index in [0.717, 1.165) is 42.4 Å². The van der Waals surface area contributed by atoms with Crippen LogP contribution in [0.4, 0.5) is 0 Å². The molecule has 4 heteroatoms. The summed E-state index contributed by atoms with van der Waals surface area (Å²) in [5, 5.41) is 3.22. The molecule has 1 aromatic carbocycles. The molecule has 1 aliphatic carbocycles. The number of carbonyl (C=O) groups excluding carboxylic acids is 1. The maximum Gasteiger partial charge on any atom is 0.252 e. The molecule has 1 saturated carbocycles. The van der Waals surface area contributed by atoms with Gasteiger partial charge in [-0.05, 0) is 31.4 Å². The molecule has 0 radical (unpaired) electrons. The van der Waals surface area contributed by atoms with Gasteiger partial charge in [-0.15, -0.1) is 0 Å². The van der Waals surface area contributed by atoms with E-state index in [0.29, 0.717) is 13.2 Å². The van der Waals surface area contributed by atoms with Gasteiger partial charge in [0.1, 0.15) is 0 Å². The van der Waals surface area contributed by atoms with Crippen LogP contribution >= 0.6 is 0 Å². The fourth-order valence-electron chi connectivity index (χ4n) is 3.85. The number of amides is 1. The maximum atomic E-state index is 12.2. The first kappa shape index (κ1) is 12.4. The molecule has 2 spiro atoms. The van der Waals surface area contributed by atoms with Gasteiger partial charge in [0.05, 0.1) is 18.8 Å². The topological polar surface area (TPSA) is 47.6 Å². The molecule has 4 rings (SSSR count). The molecule has 2 fully saturated rings. The highest BCUT2D eigenvalue weighted by Crippen LogP contribution is 2.48. The first-order chi connectivity index (χ1) is 9.63. The van der Waals surface area contributed by atoms with Crippen molar-refractivity contribution < 1.29 is 14.3 Å². The highest BCUT2D eigenvalue weighted by molar-refractivity contribution is 6.00. The minimum absolute atomic E-state index is 0.0629. The lowest BCUT2D eigenvalue weighted by atomic mass is 9.75. The van der Waals surface area contributed by atoms with Crippen LogP contribution in [0.5, 0.6) is 0 Å². The van der Waals surface area contributed by atoms with E-state index in [1.807, 2.05) is 13.0 Å². The highest BCUT2D eigenvalue weighted by Gasteiger charge is 2.51. The van der Waals surface area contributed by atoms with E-state index in [9.17, 15) is 4.79 Å². The van der Waals surface area contributed by atoms with Crippen molar-refractivity contribution in [1.82, 2.24) is 5.32 Å². The predicted octanol–water partition coefficient (Wildman–Crippen LogP) is 2.25. The van der Waals surface area contributed by atoms with Crippen LogP contribution in [-0.2, 0) is 15.0 Å². The van der Waals surface area contributed by atoms with Crippen molar-refractivity contribution in [1.29, 1.82) is 0 Å². The number of hydrogen-bond donors (Lipinski definition) is 1. The van der Waals surface area contributed by atoms with E-state index < -0.39 is 0 Å². The predicted molar refractivity (Wildman–Crippen MR) is 73.4 cm³/mol. The molecule has 1 saturated heterocycles. The standard InChI is InChI=1S/C16H19NO3/c1-11-2-3-13-12(10-11)14(18)17-15(13)4-6-16(7-5-15)19-8-9-20-16/h2-3,10H,4-9H2,1H3,(H,17,18). The van der Waals surface area contributed by atoms with Crippen LogP contribution in [0.1, 0.15) is 47.2 Å². The molecule has 4 nitrogen and oxygen atoms in total. The maximum absolute atomic E-state index is 12.2. The lowest BCUT2D eigenvalue weighted by Gasteiger charge is -2.42. The van der Waals surface area contributed by atoms with Gasteiger partial charge in [-0.3, -0.25) is 4.79 Å². The summed E-state index contributed by atoms with van der Waals surface area (Å²) in [6, 6.07) is 6.19. The number of nitrogens with one attached hydrogen (secondary N) is 1. The Hall–Kier alpha value is -1.39. The molecular weight excluding hydrogens is 254 g/mol. The summed E-state index contributed by atoms with van der Waals surface area (Å²) in [5.41, 5.74) is 2.92. The number of fused-ring (bicyclic) bond motifs is 2. The first-order valence-electron chi connectivity index (χ1n) is 7.34. The second-order valence-corrected chi connectivity index (χ2v) is 6.19. The normalized spacial score (nSPS) is 25.9. The summed E-state index contributed by atoms with van der Waals surface area (Å²) in [6.07, 6.45) is 3.46. The van der Waals surface area contributed by atoms with Crippen LogP contribution in [0.25, 0.3) is 0 Å². The Bertz CT molecular complexity index is 565. The third-order valence-corrected chi connectivity index (χ3v) is 4.97. The minimum atomic E-state index is -0.385. The van der Waals surface area contributed by atoms with E-state index in [-0.39, 0.29) is 17.2 Å². The molecule has 1 amide bonds. The van der Waals surface area contributed by atoms with Crippen molar-refractivity contribution in [2.24, 2.45) is 0 Å². The van der Waals surface area contributed by atoms with Crippen molar-refractivity contribution in [3.05, 3.63) is 34.9 Å². The number of hydrogen-bond acceptors (Lipinski definition) is 3. The molecule has 20 heavy (non-hydrogen) atoms. The van der Waals surface area contributed by atoms with Crippen molar-refractivity contribution in [2.75, 3.05) is 13.2 Å². The third-order valence-electron chi connectivity index (χ3n) is 4.97. The van der Waals surface area contributed by atoms with E-state index >= 15 is 0 Å². The largest absolute Gasteiger partial charge is 0.348 e. The molecule has 0 bridgehead atoms. The van der Waals surface area contributed by atoms with Crippen LogP contribution in [0, 0.1) is 6.92 Å². The Morgan fingerprint density at radius 2 is 1.80 bits per heavy atom. The van der Waals surface area contributed by atoms with Crippen molar-refractivity contribution >= 4 is 5.91 Å². The molecule has 3 aliphatic rings. The summed E-state index contributed by atoms with van der Waals surface area (Å²) in [5.74, 6) is -0.323. The van der Waals surface area contributed by atoms with E-state index in [1.54, 1.807) is 0 Å². The third kappa shape index (κ3) is 1.64. The number of ether oxygens (including phenoxy) is 2. The van der Waals surface area contributed by atoms with Crippen LogP contribution in [-0.4, -0.2) is 24.9 Å². The molecule has 2 heterocycles. The minimum Gasteiger partial charge on any atom is -0.348 e. The van der Waals surface area contributed by atoms with Gasteiger partial charge in [0.2, 0.25) is 0 Å². The number of benzene rings is 1. The molecular formula is C16H19NO3. The van der Waals surface area contributed by atoms with Gasteiger partial charge >= 0.3 is 0 Å². The van der Waals surface area contributed by atoms with Crippen LogP contribution in [0.3, 0.4) is 0 Å². The van der Waals surface area contributed by atoms with Crippen molar-refractivity contribution in [3.63, 3.8) is 0 Å². The van der Waals surface area contributed by atoms with Crippen LogP contribution < -0.4 is 5.32 Å². The van der Waals surface area contributed by atoms with Crippen LogP contribution in [0.2, 0.25) is 0 Å². The Morgan fingerprint density at radius 1 is 1.10 bits per heavy atom. The van der Waals surface area contributed by atoms with Gasteiger partial charge in [0.15, 0.2) is 5.79 Å². The van der Waals surface area contributed by atoms with Gasteiger partial charge in [-0.1, -0.05) is 17.7 Å². The monoisotopic (exact) mass is 273 g/mol. The zero-order valence-corrected chi connectivity index (χ0v) is 11.7. The second kappa shape index (κ2) is 4.06. The average Bonchev–Trinajstić information content (AvgIpc) is 2.99. The van der Waals surface area contributed by atoms with E-state index in [1.165, 1.54) is 0 Å². The Balaban J connectivity index is 1.66. The zero-order valence-electron chi connectivity index (χ0n) is 11.7. The molecule has 0 atom stereocenters. The molecule has 2 aliphatic heterocycles. The zero-order chi connectivity index (χ0) is 13.8. The lowest BCUT2D eigenvalue weighted by Crippen LogP contribution is -2.48. The van der Waals surface area contributed by atoms with Gasteiger partial charge < -0.3 is 14.8 Å². The van der Waals surface area contributed by atoms with E-state index in [2.05, 4.69) is 17.4 Å². The smallest absolute Gasteiger partial charge is 0.252 e. The van der Waals surface area contributed by atoms with Crippen LogP contribution in [0.15, 0.2) is 18.2 Å². The molecule has 0 unspecified atom stereocenters. The average molecular weight is 273 g/mol. The first-order valence-corrected chi connectivity index (χ1v) is 7.34. The number of carbonyl (C=O) groups is 1. The summed E-state index contributed by atoms with van der Waals surface area (Å²) < 4.78 is 11.6. The molecule has 1 N–H and O–H groups in total. The van der Waals surface area contributed by atoms with Crippen molar-refractivity contribution in [2.45, 2.75) is 43.9 Å². The molecule has 0 aromatic heterocycles. The summed E-state index contributed by atoms with van der Waals surface area (Å²) >= 11 is 0. The van der Waals surface area contributed by atoms with Crippen molar-refractivity contribution in [3.8, 4) is 0 Å².